The fourth-order valence-corrected chi connectivity index (χ4v) is 1.34. The molecule has 1 aromatic carbocycles. The molecule has 78 valence electrons. The van der Waals surface area contributed by atoms with E-state index in [1.165, 1.54) is 6.92 Å². The van der Waals surface area contributed by atoms with Gasteiger partial charge in [-0.25, -0.2) is 8.78 Å². The Hall–Kier alpha value is -0.830. The van der Waals surface area contributed by atoms with Crippen LogP contribution in [0, 0.1) is 6.92 Å². The van der Waals surface area contributed by atoms with Crippen LogP contribution in [-0.4, -0.2) is 12.5 Å². The second-order valence-corrected chi connectivity index (χ2v) is 3.66. The molecule has 0 bridgehead atoms. The predicted octanol–water partition coefficient (Wildman–Crippen LogP) is 3.71. The maximum absolute atomic E-state index is 12.2. The maximum Gasteiger partial charge on any atom is 0.258 e. The van der Waals surface area contributed by atoms with Crippen LogP contribution in [0.2, 0.25) is 5.02 Å². The number of hydrogen-bond donors (Lipinski definition) is 1. The summed E-state index contributed by atoms with van der Waals surface area (Å²) in [6.45, 7) is 3.31. The van der Waals surface area contributed by atoms with E-state index in [9.17, 15) is 8.78 Å². The lowest BCUT2D eigenvalue weighted by Gasteiger charge is -2.15. The number of halogens is 3. The van der Waals surface area contributed by atoms with Crippen LogP contribution in [-0.2, 0) is 0 Å². The number of anilines is 1. The summed E-state index contributed by atoms with van der Waals surface area (Å²) in [6.07, 6.45) is -2.40. The number of alkyl halides is 2. The van der Waals surface area contributed by atoms with E-state index in [4.69, 9.17) is 11.6 Å². The van der Waals surface area contributed by atoms with Gasteiger partial charge in [0.1, 0.15) is 0 Å². The summed E-state index contributed by atoms with van der Waals surface area (Å²) in [5, 5.41) is 3.12. The largest absolute Gasteiger partial charge is 0.376 e. The molecule has 1 N–H and O–H groups in total. The van der Waals surface area contributed by atoms with Crippen molar-refractivity contribution in [2.24, 2.45) is 0 Å². The molecule has 0 aliphatic rings. The summed E-state index contributed by atoms with van der Waals surface area (Å²) in [7, 11) is 0. The predicted molar refractivity (Wildman–Crippen MR) is 55.3 cm³/mol. The van der Waals surface area contributed by atoms with Crippen molar-refractivity contribution in [1.82, 2.24) is 0 Å². The fourth-order valence-electron chi connectivity index (χ4n) is 1.05. The number of rotatable bonds is 3. The molecule has 0 aromatic heterocycles. The van der Waals surface area contributed by atoms with Crippen molar-refractivity contribution in [2.45, 2.75) is 26.3 Å². The first-order valence-corrected chi connectivity index (χ1v) is 4.69. The molecule has 0 amide bonds. The standard InChI is InChI=1S/C10H12ClF2N/c1-6-3-4-9(8(11)5-6)14-7(2)10(12)13/h3-5,7,10,14H,1-2H3. The second kappa shape index (κ2) is 4.60. The zero-order valence-electron chi connectivity index (χ0n) is 8.02. The van der Waals surface area contributed by atoms with Gasteiger partial charge in [0.2, 0.25) is 0 Å². The van der Waals surface area contributed by atoms with E-state index in [0.29, 0.717) is 10.7 Å². The highest BCUT2D eigenvalue weighted by molar-refractivity contribution is 6.33. The van der Waals surface area contributed by atoms with Gasteiger partial charge in [-0.1, -0.05) is 17.7 Å². The third-order valence-electron chi connectivity index (χ3n) is 1.89. The molecule has 0 aliphatic carbocycles. The third-order valence-corrected chi connectivity index (χ3v) is 2.20. The van der Waals surface area contributed by atoms with Gasteiger partial charge in [-0.05, 0) is 31.5 Å². The van der Waals surface area contributed by atoms with E-state index in [1.54, 1.807) is 12.1 Å². The van der Waals surface area contributed by atoms with Gasteiger partial charge in [0, 0.05) is 0 Å². The highest BCUT2D eigenvalue weighted by Gasteiger charge is 2.14. The Morgan fingerprint density at radius 2 is 2.00 bits per heavy atom. The summed E-state index contributed by atoms with van der Waals surface area (Å²) in [6, 6.07) is 4.38. The first kappa shape index (κ1) is 11.2. The van der Waals surface area contributed by atoms with Crippen LogP contribution < -0.4 is 5.32 Å². The topological polar surface area (TPSA) is 12.0 Å². The zero-order chi connectivity index (χ0) is 10.7. The molecular formula is C10H12ClF2N. The van der Waals surface area contributed by atoms with Gasteiger partial charge in [0.15, 0.2) is 0 Å². The van der Waals surface area contributed by atoms with Crippen molar-refractivity contribution < 1.29 is 8.78 Å². The maximum atomic E-state index is 12.2. The lowest BCUT2D eigenvalue weighted by molar-refractivity contribution is 0.131. The minimum atomic E-state index is -2.40. The van der Waals surface area contributed by atoms with Crippen molar-refractivity contribution in [1.29, 1.82) is 0 Å². The van der Waals surface area contributed by atoms with Crippen LogP contribution in [0.5, 0.6) is 0 Å². The van der Waals surface area contributed by atoms with E-state index >= 15 is 0 Å². The van der Waals surface area contributed by atoms with Crippen molar-refractivity contribution in [3.8, 4) is 0 Å². The van der Waals surface area contributed by atoms with Crippen LogP contribution in [0.3, 0.4) is 0 Å². The van der Waals surface area contributed by atoms with Crippen LogP contribution in [0.25, 0.3) is 0 Å². The van der Waals surface area contributed by atoms with Gasteiger partial charge < -0.3 is 5.32 Å². The lowest BCUT2D eigenvalue weighted by Crippen LogP contribution is -2.23. The Morgan fingerprint density at radius 3 is 2.50 bits per heavy atom. The minimum absolute atomic E-state index is 0.470. The Kier molecular flexibility index (Phi) is 3.69. The van der Waals surface area contributed by atoms with Gasteiger partial charge in [0.25, 0.3) is 6.43 Å². The molecule has 1 rings (SSSR count). The van der Waals surface area contributed by atoms with E-state index in [-0.39, 0.29) is 0 Å². The summed E-state index contributed by atoms with van der Waals surface area (Å²) < 4.78 is 24.4. The first-order valence-electron chi connectivity index (χ1n) is 4.31. The number of benzene rings is 1. The van der Waals surface area contributed by atoms with Gasteiger partial charge in [-0.15, -0.1) is 0 Å². The number of hydrogen-bond acceptors (Lipinski definition) is 1. The molecule has 0 aliphatic heterocycles. The fraction of sp³-hybridized carbons (Fsp3) is 0.400. The molecule has 14 heavy (non-hydrogen) atoms. The van der Waals surface area contributed by atoms with Crippen molar-refractivity contribution in [3.63, 3.8) is 0 Å². The molecule has 1 unspecified atom stereocenters. The first-order chi connectivity index (χ1) is 6.50. The summed E-state index contributed by atoms with van der Waals surface area (Å²) >= 11 is 5.87. The Morgan fingerprint density at radius 1 is 1.36 bits per heavy atom. The van der Waals surface area contributed by atoms with Crippen LogP contribution >= 0.6 is 11.6 Å². The molecule has 0 radical (unpaired) electrons. The average Bonchev–Trinajstić information content (AvgIpc) is 2.09. The lowest BCUT2D eigenvalue weighted by atomic mass is 10.2. The van der Waals surface area contributed by atoms with Gasteiger partial charge in [-0.2, -0.15) is 0 Å². The molecule has 0 spiro atoms. The smallest absolute Gasteiger partial charge is 0.258 e. The monoisotopic (exact) mass is 219 g/mol. The van der Waals surface area contributed by atoms with Crippen molar-refractivity contribution in [3.05, 3.63) is 28.8 Å². The van der Waals surface area contributed by atoms with Gasteiger partial charge in [0.05, 0.1) is 16.8 Å². The van der Waals surface area contributed by atoms with Crippen LogP contribution in [0.1, 0.15) is 12.5 Å². The van der Waals surface area contributed by atoms with E-state index in [0.717, 1.165) is 5.56 Å². The number of aryl methyl sites for hydroxylation is 1. The van der Waals surface area contributed by atoms with Crippen molar-refractivity contribution in [2.75, 3.05) is 5.32 Å². The molecule has 1 nitrogen and oxygen atoms in total. The average molecular weight is 220 g/mol. The second-order valence-electron chi connectivity index (χ2n) is 3.25. The van der Waals surface area contributed by atoms with E-state index < -0.39 is 12.5 Å². The number of nitrogens with one attached hydrogen (secondary N) is 1. The Bertz CT molecular complexity index is 315. The van der Waals surface area contributed by atoms with Crippen molar-refractivity contribution >= 4 is 17.3 Å². The Balaban J connectivity index is 2.77. The molecule has 0 saturated heterocycles. The van der Waals surface area contributed by atoms with E-state index in [2.05, 4.69) is 5.32 Å². The van der Waals surface area contributed by atoms with Crippen LogP contribution in [0.4, 0.5) is 14.5 Å². The third kappa shape index (κ3) is 2.84. The zero-order valence-corrected chi connectivity index (χ0v) is 8.78. The highest BCUT2D eigenvalue weighted by Crippen LogP contribution is 2.24. The molecule has 1 atom stereocenters. The molecule has 0 heterocycles. The van der Waals surface area contributed by atoms with Crippen LogP contribution in [0.15, 0.2) is 18.2 Å². The quantitative estimate of drug-likeness (QED) is 0.817. The SMILES string of the molecule is Cc1ccc(NC(C)C(F)F)c(Cl)c1. The summed E-state index contributed by atoms with van der Waals surface area (Å²) in [5.41, 5.74) is 1.55. The van der Waals surface area contributed by atoms with Gasteiger partial charge >= 0.3 is 0 Å². The summed E-state index contributed by atoms with van der Waals surface area (Å²) in [4.78, 5) is 0. The molecular weight excluding hydrogens is 208 g/mol. The molecule has 0 fully saturated rings. The molecule has 1 aromatic rings. The Labute approximate surface area is 87.1 Å². The molecule has 0 saturated carbocycles. The van der Waals surface area contributed by atoms with Gasteiger partial charge in [-0.3, -0.25) is 0 Å². The molecule has 4 heteroatoms. The normalized spacial score (nSPS) is 13.0. The van der Waals surface area contributed by atoms with E-state index in [1.807, 2.05) is 13.0 Å². The highest BCUT2D eigenvalue weighted by atomic mass is 35.5. The minimum Gasteiger partial charge on any atom is -0.376 e. The summed E-state index contributed by atoms with van der Waals surface area (Å²) in [5.74, 6) is 0.